The molecule has 0 saturated heterocycles. The molecule has 0 amide bonds. The highest BCUT2D eigenvalue weighted by molar-refractivity contribution is 6.41. The average Bonchev–Trinajstić information content (AvgIpc) is 2.16. The maximum Gasteiger partial charge on any atom is 0.424 e. The monoisotopic (exact) mass is 233 g/mol. The van der Waals surface area contributed by atoms with E-state index in [1.807, 2.05) is 0 Å². The summed E-state index contributed by atoms with van der Waals surface area (Å²) < 4.78 is 41.2. The van der Waals surface area contributed by atoms with Gasteiger partial charge in [-0.05, 0) is 6.92 Å². The first-order chi connectivity index (χ1) is 7.38. The van der Waals surface area contributed by atoms with Crippen LogP contribution in [0.5, 0.6) is 0 Å². The number of hydrogen-bond donors (Lipinski definition) is 0. The number of rotatable bonds is 3. The van der Waals surface area contributed by atoms with E-state index in [1.54, 1.807) is 0 Å². The molecular formula is C8H6F3N3O2. The van der Waals surface area contributed by atoms with Gasteiger partial charge in [0.15, 0.2) is 5.57 Å². The molecule has 0 fully saturated rings. The maximum atomic E-state index is 12.3. The molecule has 0 N–H and O–H groups in total. The van der Waals surface area contributed by atoms with Gasteiger partial charge in [-0.2, -0.15) is 23.2 Å². The fraction of sp³-hybridized carbons (Fsp3) is 0.375. The molecule has 0 aromatic rings. The SMILES string of the molecule is CCOC(=O)C(=[N+]=[N-])/C(=C\C#N)C(F)(F)F. The number of allylic oxidation sites excluding steroid dienone is 1. The molecule has 0 saturated carbocycles. The van der Waals surface area contributed by atoms with Gasteiger partial charge in [-0.3, -0.25) is 0 Å². The van der Waals surface area contributed by atoms with Crippen LogP contribution in [0.25, 0.3) is 5.53 Å². The predicted molar refractivity (Wildman–Crippen MR) is 45.0 cm³/mol. The minimum Gasteiger partial charge on any atom is -0.457 e. The van der Waals surface area contributed by atoms with Crippen LogP contribution in [-0.4, -0.2) is 29.3 Å². The molecule has 8 heteroatoms. The molecule has 0 aromatic heterocycles. The first-order valence-electron chi connectivity index (χ1n) is 3.95. The lowest BCUT2D eigenvalue weighted by atomic mass is 10.1. The van der Waals surface area contributed by atoms with E-state index >= 15 is 0 Å². The fourth-order valence-corrected chi connectivity index (χ4v) is 0.753. The molecule has 0 aliphatic heterocycles. The molecule has 0 bridgehead atoms. The van der Waals surface area contributed by atoms with Crippen molar-refractivity contribution < 1.29 is 27.5 Å². The van der Waals surface area contributed by atoms with E-state index in [-0.39, 0.29) is 12.7 Å². The molecule has 0 aliphatic carbocycles. The van der Waals surface area contributed by atoms with Crippen molar-refractivity contribution in [3.05, 3.63) is 17.2 Å². The molecule has 0 unspecified atom stereocenters. The molecule has 5 nitrogen and oxygen atoms in total. The lowest BCUT2D eigenvalue weighted by Gasteiger charge is -2.05. The quantitative estimate of drug-likeness (QED) is 0.241. The van der Waals surface area contributed by atoms with Crippen LogP contribution in [-0.2, 0) is 9.53 Å². The number of nitriles is 1. The Bertz CT molecular complexity index is 400. The predicted octanol–water partition coefficient (Wildman–Crippen LogP) is 1.23. The van der Waals surface area contributed by atoms with Gasteiger partial charge < -0.3 is 10.3 Å². The van der Waals surface area contributed by atoms with Gasteiger partial charge >= 0.3 is 17.9 Å². The van der Waals surface area contributed by atoms with E-state index in [1.165, 1.54) is 6.92 Å². The lowest BCUT2D eigenvalue weighted by molar-refractivity contribution is -0.141. The van der Waals surface area contributed by atoms with Crippen LogP contribution < -0.4 is 0 Å². The second kappa shape index (κ2) is 5.68. The minimum absolute atomic E-state index is 0.0615. The Labute approximate surface area is 88.4 Å². The van der Waals surface area contributed by atoms with Crippen LogP contribution in [0.15, 0.2) is 11.6 Å². The summed E-state index contributed by atoms with van der Waals surface area (Å²) >= 11 is 0. The van der Waals surface area contributed by atoms with Crippen molar-refractivity contribution in [2.24, 2.45) is 0 Å². The molecule has 16 heavy (non-hydrogen) atoms. The zero-order valence-corrected chi connectivity index (χ0v) is 8.08. The van der Waals surface area contributed by atoms with E-state index in [0.29, 0.717) is 0 Å². The van der Waals surface area contributed by atoms with E-state index in [4.69, 9.17) is 10.8 Å². The molecule has 0 aliphatic rings. The fourth-order valence-electron chi connectivity index (χ4n) is 0.753. The van der Waals surface area contributed by atoms with Gasteiger partial charge in [-0.15, -0.1) is 0 Å². The van der Waals surface area contributed by atoms with Gasteiger partial charge in [0.05, 0.1) is 12.7 Å². The summed E-state index contributed by atoms with van der Waals surface area (Å²) in [5.41, 5.74) is 5.31. The normalized spacial score (nSPS) is 11.3. The molecule has 0 radical (unpaired) electrons. The van der Waals surface area contributed by atoms with Crippen LogP contribution in [0.1, 0.15) is 6.92 Å². The van der Waals surface area contributed by atoms with Crippen molar-refractivity contribution in [3.8, 4) is 6.07 Å². The van der Waals surface area contributed by atoms with E-state index < -0.39 is 23.4 Å². The highest BCUT2D eigenvalue weighted by Crippen LogP contribution is 2.26. The number of hydrogen-bond acceptors (Lipinski definition) is 3. The van der Waals surface area contributed by atoms with Gasteiger partial charge in [0, 0.05) is 6.08 Å². The average molecular weight is 233 g/mol. The van der Waals surface area contributed by atoms with Crippen molar-refractivity contribution in [3.63, 3.8) is 0 Å². The van der Waals surface area contributed by atoms with Gasteiger partial charge in [-0.25, -0.2) is 4.79 Å². The van der Waals surface area contributed by atoms with Gasteiger partial charge in [0.2, 0.25) is 0 Å². The number of carbonyl (C=O) groups is 1. The first-order valence-corrected chi connectivity index (χ1v) is 3.95. The maximum absolute atomic E-state index is 12.3. The Balaban J connectivity index is 5.40. The van der Waals surface area contributed by atoms with Gasteiger partial charge in [0.1, 0.15) is 0 Å². The molecule has 0 heterocycles. The van der Waals surface area contributed by atoms with Crippen LogP contribution in [0.3, 0.4) is 0 Å². The smallest absolute Gasteiger partial charge is 0.424 e. The second-order valence-corrected chi connectivity index (χ2v) is 2.35. The van der Waals surface area contributed by atoms with Crippen molar-refractivity contribution in [1.29, 1.82) is 5.26 Å². The topological polar surface area (TPSA) is 86.5 Å². The third-order valence-corrected chi connectivity index (χ3v) is 1.34. The lowest BCUT2D eigenvalue weighted by Crippen LogP contribution is -2.29. The van der Waals surface area contributed by atoms with Crippen molar-refractivity contribution >= 4 is 11.7 Å². The Morgan fingerprint density at radius 3 is 2.50 bits per heavy atom. The summed E-state index contributed by atoms with van der Waals surface area (Å²) in [6, 6.07) is 1.10. The van der Waals surface area contributed by atoms with Crippen molar-refractivity contribution in [2.45, 2.75) is 13.1 Å². The zero-order chi connectivity index (χ0) is 12.8. The number of alkyl halides is 3. The van der Waals surface area contributed by atoms with Crippen LogP contribution in [0.2, 0.25) is 0 Å². The van der Waals surface area contributed by atoms with E-state index in [0.717, 1.165) is 6.07 Å². The molecule has 86 valence electrons. The Hall–Kier alpha value is -2.13. The number of ether oxygens (including phenoxy) is 1. The van der Waals surface area contributed by atoms with Crippen molar-refractivity contribution in [2.75, 3.05) is 6.61 Å². The third-order valence-electron chi connectivity index (χ3n) is 1.34. The minimum atomic E-state index is -4.98. The van der Waals surface area contributed by atoms with E-state index in [9.17, 15) is 18.0 Å². The Morgan fingerprint density at radius 1 is 1.62 bits per heavy atom. The highest BCUT2D eigenvalue weighted by Gasteiger charge is 2.45. The van der Waals surface area contributed by atoms with Crippen molar-refractivity contribution in [1.82, 2.24) is 0 Å². The van der Waals surface area contributed by atoms with Crippen LogP contribution in [0, 0.1) is 11.3 Å². The number of esters is 1. The standard InChI is InChI=1S/C8H6F3N3O2/c1-2-16-7(15)6(14-13)5(3-4-12)8(9,10)11/h3H,2H2,1H3/b5-3+. The molecule has 0 aromatic carbocycles. The summed E-state index contributed by atoms with van der Waals surface area (Å²) in [4.78, 5) is 13.2. The largest absolute Gasteiger partial charge is 0.457 e. The molecular weight excluding hydrogens is 227 g/mol. The summed E-state index contributed by atoms with van der Waals surface area (Å²) in [5.74, 6) is -1.45. The highest BCUT2D eigenvalue weighted by atomic mass is 19.4. The van der Waals surface area contributed by atoms with Gasteiger partial charge in [-0.1, -0.05) is 0 Å². The van der Waals surface area contributed by atoms with E-state index in [2.05, 4.69) is 9.53 Å². The van der Waals surface area contributed by atoms with Crippen LogP contribution >= 0.6 is 0 Å². The van der Waals surface area contributed by atoms with Crippen LogP contribution in [0.4, 0.5) is 13.2 Å². The second-order valence-electron chi connectivity index (χ2n) is 2.35. The molecule has 0 rings (SSSR count). The van der Waals surface area contributed by atoms with Gasteiger partial charge in [0.25, 0.3) is 0 Å². The molecule has 0 spiro atoms. The summed E-state index contributed by atoms with van der Waals surface area (Å²) in [6.07, 6.45) is -4.92. The molecule has 0 atom stereocenters. The number of carbonyl (C=O) groups excluding carboxylic acids is 1. The third kappa shape index (κ3) is 3.55. The summed E-state index contributed by atoms with van der Waals surface area (Å²) in [7, 11) is 0. The Kier molecular flexibility index (Phi) is 4.92. The zero-order valence-electron chi connectivity index (χ0n) is 8.08. The number of nitrogens with zero attached hydrogens (tertiary/aromatic N) is 3. The summed E-state index contributed by atoms with van der Waals surface area (Å²) in [6.45, 7) is 1.18. The Morgan fingerprint density at radius 2 is 2.19 bits per heavy atom. The summed E-state index contributed by atoms with van der Waals surface area (Å²) in [5, 5.41) is 8.14. The number of halogens is 3. The first kappa shape index (κ1) is 13.9.